The lowest BCUT2D eigenvalue weighted by atomic mass is 9.92. The quantitative estimate of drug-likeness (QED) is 0.738. The van der Waals surface area contributed by atoms with Gasteiger partial charge in [-0.15, -0.1) is 0 Å². The summed E-state index contributed by atoms with van der Waals surface area (Å²) >= 11 is 0. The number of amides is 2. The van der Waals surface area contributed by atoms with Crippen LogP contribution in [0.3, 0.4) is 0 Å². The van der Waals surface area contributed by atoms with Crippen molar-refractivity contribution in [3.8, 4) is 0 Å². The lowest BCUT2D eigenvalue weighted by molar-refractivity contribution is 0.0938. The van der Waals surface area contributed by atoms with Crippen molar-refractivity contribution >= 4 is 16.8 Å². The number of hydrogen-bond donors (Lipinski definition) is 3. The molecule has 2 fully saturated rings. The van der Waals surface area contributed by atoms with E-state index < -0.39 is 16.9 Å². The molecule has 0 aliphatic heterocycles. The predicted molar refractivity (Wildman–Crippen MR) is 84.7 cm³/mol. The number of rotatable bonds is 4. The first-order valence-electron chi connectivity index (χ1n) is 8.24. The Bertz CT molecular complexity index is 378. The minimum atomic E-state index is -0.865. The van der Waals surface area contributed by atoms with Gasteiger partial charge in [-0.2, -0.15) is 0 Å². The molecule has 2 amide bonds. The molecule has 21 heavy (non-hydrogen) atoms. The molecule has 0 aromatic heterocycles. The highest BCUT2D eigenvalue weighted by Crippen LogP contribution is 2.23. The summed E-state index contributed by atoms with van der Waals surface area (Å²) in [4.78, 5) is 12.1. The van der Waals surface area contributed by atoms with Crippen LogP contribution >= 0.6 is 0 Å². The minimum Gasteiger partial charge on any atom is -0.391 e. The largest absolute Gasteiger partial charge is 0.391 e. The van der Waals surface area contributed by atoms with Crippen LogP contribution in [-0.2, 0) is 10.8 Å². The SMILES string of the molecule is CCS(=O)C1CCCCC1NC(=O)NC1CCCCC1O. The fourth-order valence-electron chi connectivity index (χ4n) is 3.45. The molecule has 3 N–H and O–H groups in total. The molecule has 5 unspecified atom stereocenters. The van der Waals surface area contributed by atoms with Crippen LogP contribution in [0.2, 0.25) is 0 Å². The van der Waals surface area contributed by atoms with Gasteiger partial charge in [0, 0.05) is 22.6 Å². The molecular formula is C15H28N2O3S. The molecule has 6 heteroatoms. The van der Waals surface area contributed by atoms with E-state index in [0.717, 1.165) is 51.4 Å². The Morgan fingerprint density at radius 2 is 1.62 bits per heavy atom. The first-order chi connectivity index (χ1) is 10.1. The summed E-state index contributed by atoms with van der Waals surface area (Å²) in [7, 11) is -0.865. The van der Waals surface area contributed by atoms with Gasteiger partial charge in [0.25, 0.3) is 0 Å². The molecule has 5 nitrogen and oxygen atoms in total. The molecule has 0 saturated heterocycles. The second-order valence-corrected chi connectivity index (χ2v) is 8.12. The Kier molecular flexibility index (Phi) is 6.48. The van der Waals surface area contributed by atoms with Gasteiger partial charge in [0.05, 0.1) is 17.4 Å². The number of carbonyl (C=O) groups excluding carboxylic acids is 1. The van der Waals surface area contributed by atoms with E-state index >= 15 is 0 Å². The summed E-state index contributed by atoms with van der Waals surface area (Å²) in [5, 5.41) is 15.9. The Hall–Kier alpha value is -0.620. The van der Waals surface area contributed by atoms with Crippen LogP contribution in [0.15, 0.2) is 0 Å². The van der Waals surface area contributed by atoms with E-state index in [1.54, 1.807) is 0 Å². The van der Waals surface area contributed by atoms with Gasteiger partial charge in [-0.1, -0.05) is 32.6 Å². The van der Waals surface area contributed by atoms with E-state index in [-0.39, 0.29) is 23.4 Å². The lowest BCUT2D eigenvalue weighted by Gasteiger charge is -2.33. The van der Waals surface area contributed by atoms with E-state index in [1.165, 1.54) is 0 Å². The maximum Gasteiger partial charge on any atom is 0.315 e. The molecule has 0 aromatic rings. The number of hydrogen-bond acceptors (Lipinski definition) is 3. The van der Waals surface area contributed by atoms with Crippen LogP contribution in [0.25, 0.3) is 0 Å². The first-order valence-corrected chi connectivity index (χ1v) is 9.62. The van der Waals surface area contributed by atoms with Gasteiger partial charge in [0.2, 0.25) is 0 Å². The maximum absolute atomic E-state index is 12.1. The summed E-state index contributed by atoms with van der Waals surface area (Å²) in [5.41, 5.74) is 0. The number of aliphatic hydroxyl groups excluding tert-OH is 1. The summed E-state index contributed by atoms with van der Waals surface area (Å²) in [6.07, 6.45) is 7.24. The molecule has 5 atom stereocenters. The number of nitrogens with one attached hydrogen (secondary N) is 2. The summed E-state index contributed by atoms with van der Waals surface area (Å²) in [6, 6.07) is -0.358. The van der Waals surface area contributed by atoms with Crippen molar-refractivity contribution in [2.75, 3.05) is 5.75 Å². The van der Waals surface area contributed by atoms with Crippen LogP contribution in [0.1, 0.15) is 58.3 Å². The highest BCUT2D eigenvalue weighted by molar-refractivity contribution is 7.85. The zero-order valence-electron chi connectivity index (χ0n) is 12.8. The molecule has 2 aliphatic carbocycles. The van der Waals surface area contributed by atoms with Crippen LogP contribution in [0, 0.1) is 0 Å². The average molecular weight is 316 g/mol. The number of aliphatic hydroxyl groups is 1. The van der Waals surface area contributed by atoms with Crippen LogP contribution in [0.4, 0.5) is 4.79 Å². The van der Waals surface area contributed by atoms with Gasteiger partial charge in [-0.25, -0.2) is 4.79 Å². The normalized spacial score (nSPS) is 35.0. The van der Waals surface area contributed by atoms with Gasteiger partial charge in [-0.3, -0.25) is 4.21 Å². The number of carbonyl (C=O) groups is 1. The fourth-order valence-corrected chi connectivity index (χ4v) is 4.88. The molecule has 0 spiro atoms. The third kappa shape index (κ3) is 4.68. The van der Waals surface area contributed by atoms with Crippen LogP contribution in [-0.4, -0.2) is 44.5 Å². The second-order valence-electron chi connectivity index (χ2n) is 6.17. The van der Waals surface area contributed by atoms with Gasteiger partial charge in [-0.05, 0) is 25.7 Å². The molecule has 0 bridgehead atoms. The fraction of sp³-hybridized carbons (Fsp3) is 0.933. The Morgan fingerprint density at radius 1 is 1.05 bits per heavy atom. The van der Waals surface area contributed by atoms with E-state index in [0.29, 0.717) is 5.75 Å². The molecule has 2 saturated carbocycles. The van der Waals surface area contributed by atoms with Crippen molar-refractivity contribution < 1.29 is 14.1 Å². The van der Waals surface area contributed by atoms with Crippen molar-refractivity contribution in [1.29, 1.82) is 0 Å². The lowest BCUT2D eigenvalue weighted by Crippen LogP contribution is -2.54. The van der Waals surface area contributed by atoms with E-state index in [2.05, 4.69) is 10.6 Å². The van der Waals surface area contributed by atoms with Crippen molar-refractivity contribution in [3.63, 3.8) is 0 Å². The van der Waals surface area contributed by atoms with E-state index in [1.807, 2.05) is 6.92 Å². The molecule has 0 heterocycles. The van der Waals surface area contributed by atoms with Crippen molar-refractivity contribution in [2.24, 2.45) is 0 Å². The zero-order valence-corrected chi connectivity index (χ0v) is 13.7. The van der Waals surface area contributed by atoms with Crippen molar-refractivity contribution in [2.45, 2.75) is 81.7 Å². The summed E-state index contributed by atoms with van der Waals surface area (Å²) in [5.74, 6) is 0.645. The van der Waals surface area contributed by atoms with Crippen molar-refractivity contribution in [3.05, 3.63) is 0 Å². The average Bonchev–Trinajstić information content (AvgIpc) is 2.49. The first kappa shape index (κ1) is 16.7. The molecule has 2 aliphatic rings. The second kappa shape index (κ2) is 8.13. The highest BCUT2D eigenvalue weighted by atomic mass is 32.2. The van der Waals surface area contributed by atoms with Gasteiger partial charge < -0.3 is 15.7 Å². The predicted octanol–water partition coefficient (Wildman–Crippen LogP) is 1.67. The van der Waals surface area contributed by atoms with E-state index in [4.69, 9.17) is 0 Å². The standard InChI is InChI=1S/C15H28N2O3S/c1-2-21(20)14-10-6-4-8-12(14)17-15(19)16-11-7-3-5-9-13(11)18/h11-14,18H,2-10H2,1H3,(H2,16,17,19). The van der Waals surface area contributed by atoms with Gasteiger partial charge in [0.1, 0.15) is 0 Å². The molecule has 0 aromatic carbocycles. The third-order valence-corrected chi connectivity index (χ3v) is 6.50. The molecule has 0 radical (unpaired) electrons. The molecule has 122 valence electrons. The number of urea groups is 1. The maximum atomic E-state index is 12.1. The summed E-state index contributed by atoms with van der Waals surface area (Å²) < 4.78 is 12.1. The van der Waals surface area contributed by atoms with Crippen LogP contribution < -0.4 is 10.6 Å². The zero-order chi connectivity index (χ0) is 15.2. The third-order valence-electron chi connectivity index (χ3n) is 4.69. The molecule has 2 rings (SSSR count). The smallest absolute Gasteiger partial charge is 0.315 e. The Morgan fingerprint density at radius 3 is 2.29 bits per heavy atom. The Balaban J connectivity index is 1.86. The summed E-state index contributed by atoms with van der Waals surface area (Å²) in [6.45, 7) is 1.93. The topological polar surface area (TPSA) is 78.4 Å². The van der Waals surface area contributed by atoms with E-state index in [9.17, 15) is 14.1 Å². The highest BCUT2D eigenvalue weighted by Gasteiger charge is 2.31. The van der Waals surface area contributed by atoms with Crippen molar-refractivity contribution in [1.82, 2.24) is 10.6 Å². The molecular weight excluding hydrogens is 288 g/mol. The Labute approximate surface area is 129 Å². The van der Waals surface area contributed by atoms with Crippen LogP contribution in [0.5, 0.6) is 0 Å². The minimum absolute atomic E-state index is 0.000247. The van der Waals surface area contributed by atoms with Gasteiger partial charge >= 0.3 is 6.03 Å². The van der Waals surface area contributed by atoms with Gasteiger partial charge in [0.15, 0.2) is 0 Å². The monoisotopic (exact) mass is 316 g/mol.